The Hall–Kier alpha value is -2.37. The Balaban J connectivity index is 1.64. The van der Waals surface area contributed by atoms with Crippen LogP contribution in [0.4, 0.5) is 0 Å². The molecule has 0 radical (unpaired) electrons. The van der Waals surface area contributed by atoms with Gasteiger partial charge in [0.05, 0.1) is 0 Å². The van der Waals surface area contributed by atoms with Gasteiger partial charge in [-0.05, 0) is 48.0 Å². The van der Waals surface area contributed by atoms with Gasteiger partial charge < -0.3 is 5.32 Å². The number of hydrogen-bond donors (Lipinski definition) is 3. The lowest BCUT2D eigenvalue weighted by Gasteiger charge is -2.10. The fraction of sp³-hybridized carbons (Fsp3) is 0.111. The van der Waals surface area contributed by atoms with E-state index < -0.39 is 0 Å². The summed E-state index contributed by atoms with van der Waals surface area (Å²) in [6.07, 6.45) is 3.98. The van der Waals surface area contributed by atoms with E-state index in [1.807, 2.05) is 54.6 Å². The van der Waals surface area contributed by atoms with Crippen molar-refractivity contribution in [1.82, 2.24) is 16.2 Å². The molecule has 0 unspecified atom stereocenters. The lowest BCUT2D eigenvalue weighted by atomic mass is 10.1. The SMILES string of the molecule is O=C(/C=C/c1ccccc1)NNC(=S)NCCc1ccc(Cl)cc1. The molecule has 124 valence electrons. The van der Waals surface area contributed by atoms with Crippen LogP contribution in [0.5, 0.6) is 0 Å². The van der Waals surface area contributed by atoms with Crippen LogP contribution in [0, 0.1) is 0 Å². The van der Waals surface area contributed by atoms with E-state index in [0.29, 0.717) is 11.7 Å². The van der Waals surface area contributed by atoms with Gasteiger partial charge in [-0.2, -0.15) is 0 Å². The number of hydrogen-bond acceptors (Lipinski definition) is 2. The molecule has 0 heterocycles. The highest BCUT2D eigenvalue weighted by Gasteiger charge is 1.99. The van der Waals surface area contributed by atoms with Gasteiger partial charge in [0.15, 0.2) is 5.11 Å². The van der Waals surface area contributed by atoms with Crippen LogP contribution in [0.1, 0.15) is 11.1 Å². The van der Waals surface area contributed by atoms with Crippen molar-refractivity contribution in [2.75, 3.05) is 6.54 Å². The normalized spacial score (nSPS) is 10.4. The van der Waals surface area contributed by atoms with Crippen molar-refractivity contribution in [3.05, 3.63) is 76.8 Å². The first kappa shape index (κ1) is 18.0. The van der Waals surface area contributed by atoms with E-state index in [9.17, 15) is 4.79 Å². The third-order valence-corrected chi connectivity index (χ3v) is 3.64. The molecule has 0 saturated carbocycles. The summed E-state index contributed by atoms with van der Waals surface area (Å²) in [6.45, 7) is 0.656. The molecule has 0 spiro atoms. The van der Waals surface area contributed by atoms with Gasteiger partial charge in [0.25, 0.3) is 5.91 Å². The molecule has 2 aromatic rings. The summed E-state index contributed by atoms with van der Waals surface area (Å²) in [4.78, 5) is 11.7. The van der Waals surface area contributed by atoms with Gasteiger partial charge in [-0.3, -0.25) is 15.6 Å². The summed E-state index contributed by atoms with van der Waals surface area (Å²) in [5.74, 6) is -0.277. The van der Waals surface area contributed by atoms with E-state index in [2.05, 4.69) is 16.2 Å². The number of rotatable bonds is 5. The van der Waals surface area contributed by atoms with Crippen LogP contribution in [0.25, 0.3) is 6.08 Å². The molecule has 1 amide bonds. The maximum absolute atomic E-state index is 11.7. The second kappa shape index (κ2) is 9.70. The number of carbonyl (C=O) groups is 1. The molecule has 0 atom stereocenters. The molecule has 0 aliphatic carbocycles. The Bertz CT molecular complexity index is 702. The Morgan fingerprint density at radius 2 is 1.75 bits per heavy atom. The minimum absolute atomic E-state index is 0.277. The molecule has 3 N–H and O–H groups in total. The van der Waals surface area contributed by atoms with Crippen molar-refractivity contribution >= 4 is 40.9 Å². The third-order valence-electron chi connectivity index (χ3n) is 3.14. The molecule has 4 nitrogen and oxygen atoms in total. The summed E-state index contributed by atoms with van der Waals surface area (Å²) in [6, 6.07) is 17.2. The topological polar surface area (TPSA) is 53.2 Å². The van der Waals surface area contributed by atoms with Gasteiger partial charge in [0, 0.05) is 17.6 Å². The summed E-state index contributed by atoms with van der Waals surface area (Å²) >= 11 is 10.9. The van der Waals surface area contributed by atoms with Crippen LogP contribution >= 0.6 is 23.8 Å². The number of benzene rings is 2. The maximum atomic E-state index is 11.7. The van der Waals surface area contributed by atoms with Crippen LogP contribution in [0.3, 0.4) is 0 Å². The highest BCUT2D eigenvalue weighted by atomic mass is 35.5. The quantitative estimate of drug-likeness (QED) is 0.436. The zero-order chi connectivity index (χ0) is 17.2. The van der Waals surface area contributed by atoms with Crippen molar-refractivity contribution in [2.24, 2.45) is 0 Å². The largest absolute Gasteiger partial charge is 0.361 e. The molecule has 0 saturated heterocycles. The average Bonchev–Trinajstić information content (AvgIpc) is 2.61. The Morgan fingerprint density at radius 3 is 2.46 bits per heavy atom. The van der Waals surface area contributed by atoms with Crippen LogP contribution in [0.15, 0.2) is 60.7 Å². The number of hydrazine groups is 1. The van der Waals surface area contributed by atoms with E-state index in [0.717, 1.165) is 22.6 Å². The first-order chi connectivity index (χ1) is 11.6. The van der Waals surface area contributed by atoms with Gasteiger partial charge in [-0.25, -0.2) is 0 Å². The zero-order valence-corrected chi connectivity index (χ0v) is 14.5. The molecule has 24 heavy (non-hydrogen) atoms. The van der Waals surface area contributed by atoms with Crippen molar-refractivity contribution in [2.45, 2.75) is 6.42 Å². The van der Waals surface area contributed by atoms with E-state index in [1.165, 1.54) is 6.08 Å². The van der Waals surface area contributed by atoms with Crippen LogP contribution in [-0.2, 0) is 11.2 Å². The molecule has 0 aromatic heterocycles. The molecule has 0 fully saturated rings. The van der Waals surface area contributed by atoms with Gasteiger partial charge in [0.1, 0.15) is 0 Å². The monoisotopic (exact) mass is 359 g/mol. The number of amides is 1. The fourth-order valence-corrected chi connectivity index (χ4v) is 2.19. The number of nitrogens with one attached hydrogen (secondary N) is 3. The Kier molecular flexibility index (Phi) is 7.26. The van der Waals surface area contributed by atoms with Crippen LogP contribution < -0.4 is 16.2 Å². The predicted molar refractivity (Wildman–Crippen MR) is 103 cm³/mol. The van der Waals surface area contributed by atoms with Crippen LogP contribution in [0.2, 0.25) is 5.02 Å². The van der Waals surface area contributed by atoms with Gasteiger partial charge in [0.2, 0.25) is 0 Å². The highest BCUT2D eigenvalue weighted by Crippen LogP contribution is 2.09. The summed E-state index contributed by atoms with van der Waals surface area (Å²) < 4.78 is 0. The van der Waals surface area contributed by atoms with Gasteiger partial charge >= 0.3 is 0 Å². The smallest absolute Gasteiger partial charge is 0.262 e. The molecular weight excluding hydrogens is 342 g/mol. The molecule has 6 heteroatoms. The second-order valence-electron chi connectivity index (χ2n) is 4.99. The summed E-state index contributed by atoms with van der Waals surface area (Å²) in [7, 11) is 0. The molecule has 0 aliphatic heterocycles. The van der Waals surface area contributed by atoms with E-state index in [1.54, 1.807) is 6.08 Å². The first-order valence-corrected chi connectivity index (χ1v) is 8.23. The Labute approximate surface area is 151 Å². The third kappa shape index (κ3) is 6.81. The van der Waals surface area contributed by atoms with Crippen molar-refractivity contribution < 1.29 is 4.79 Å². The van der Waals surface area contributed by atoms with Crippen molar-refractivity contribution in [3.8, 4) is 0 Å². The Morgan fingerprint density at radius 1 is 1.04 bits per heavy atom. The molecule has 2 aromatic carbocycles. The van der Waals surface area contributed by atoms with Crippen molar-refractivity contribution in [1.29, 1.82) is 0 Å². The van der Waals surface area contributed by atoms with Crippen LogP contribution in [-0.4, -0.2) is 17.6 Å². The first-order valence-electron chi connectivity index (χ1n) is 7.45. The predicted octanol–water partition coefficient (Wildman–Crippen LogP) is 3.09. The average molecular weight is 360 g/mol. The molecular formula is C18H18ClN3OS. The molecule has 2 rings (SSSR count). The van der Waals surface area contributed by atoms with E-state index in [-0.39, 0.29) is 5.91 Å². The molecule has 0 aliphatic rings. The van der Waals surface area contributed by atoms with Gasteiger partial charge in [-0.1, -0.05) is 54.1 Å². The van der Waals surface area contributed by atoms with Crippen molar-refractivity contribution in [3.63, 3.8) is 0 Å². The number of carbonyl (C=O) groups excluding carboxylic acids is 1. The van der Waals surface area contributed by atoms with Gasteiger partial charge in [-0.15, -0.1) is 0 Å². The highest BCUT2D eigenvalue weighted by molar-refractivity contribution is 7.80. The standard InChI is InChI=1S/C18H18ClN3OS/c19-16-9-6-15(7-10-16)12-13-20-18(24)22-21-17(23)11-8-14-4-2-1-3-5-14/h1-11H,12-13H2,(H,21,23)(H2,20,22,24)/b11-8+. The molecule has 0 bridgehead atoms. The minimum Gasteiger partial charge on any atom is -0.361 e. The number of thiocarbonyl (C=S) groups is 1. The summed E-state index contributed by atoms with van der Waals surface area (Å²) in [5, 5.41) is 4.11. The summed E-state index contributed by atoms with van der Waals surface area (Å²) in [5.41, 5.74) is 7.29. The fourth-order valence-electron chi connectivity index (χ4n) is 1.91. The van der Waals surface area contributed by atoms with E-state index in [4.69, 9.17) is 23.8 Å². The number of halogens is 1. The minimum atomic E-state index is -0.277. The lowest BCUT2D eigenvalue weighted by molar-refractivity contribution is -0.116. The lowest BCUT2D eigenvalue weighted by Crippen LogP contribution is -2.46. The maximum Gasteiger partial charge on any atom is 0.262 e. The zero-order valence-electron chi connectivity index (χ0n) is 13.0. The van der Waals surface area contributed by atoms with E-state index >= 15 is 0 Å². The second-order valence-corrected chi connectivity index (χ2v) is 5.84.